The zero-order chi connectivity index (χ0) is 6.83. The fourth-order valence-electron chi connectivity index (χ4n) is 0.354. The first-order valence-electron chi connectivity index (χ1n) is 2.91. The largest absolute Gasteiger partial charge is 0.348 e. The van der Waals surface area contributed by atoms with E-state index in [4.69, 9.17) is 9.46 Å². The normalized spacial score (nSPS) is 8.88. The van der Waals surface area contributed by atoms with Crippen molar-refractivity contribution in [2.24, 2.45) is 0 Å². The third kappa shape index (κ3) is 34.8. The van der Waals surface area contributed by atoms with Gasteiger partial charge in [-0.05, 0) is 0 Å². The average molecular weight is 138 g/mol. The van der Waals surface area contributed by atoms with Gasteiger partial charge >= 0.3 is 0 Å². The van der Waals surface area contributed by atoms with E-state index in [1.807, 2.05) is 0 Å². The van der Waals surface area contributed by atoms with E-state index in [1.54, 1.807) is 0 Å². The summed E-state index contributed by atoms with van der Waals surface area (Å²) in [4.78, 5) is 7.10. The van der Waals surface area contributed by atoms with Crippen LogP contribution in [0.4, 0.5) is 0 Å². The van der Waals surface area contributed by atoms with Crippen LogP contribution < -0.4 is 0 Å². The van der Waals surface area contributed by atoms with Gasteiger partial charge in [-0.2, -0.15) is 0 Å². The maximum Gasteiger partial charge on any atom is 0.177 e. The molecule has 52 valence electrons. The van der Waals surface area contributed by atoms with Gasteiger partial charge in [-0.15, -0.1) is 0 Å². The lowest BCUT2D eigenvalue weighted by Gasteiger charge is -1.79. The van der Waals surface area contributed by atoms with E-state index in [9.17, 15) is 0 Å². The fourth-order valence-corrected chi connectivity index (χ4v) is 0.354. The molecule has 0 aromatic heterocycles. The van der Waals surface area contributed by atoms with Crippen LogP contribution in [-0.2, 0) is 4.57 Å². The van der Waals surface area contributed by atoms with Crippen molar-refractivity contribution in [3.05, 3.63) is 0 Å². The second kappa shape index (κ2) is 15.7. The van der Waals surface area contributed by atoms with Gasteiger partial charge in [-0.3, -0.25) is 4.57 Å². The van der Waals surface area contributed by atoms with Crippen LogP contribution in [0.25, 0.3) is 0 Å². The maximum atomic E-state index is 8.57. The Bertz CT molecular complexity index is 37.4. The summed E-state index contributed by atoms with van der Waals surface area (Å²) in [6.45, 7) is 4.42. The van der Waals surface area contributed by atoms with E-state index < -0.39 is 8.69 Å². The molecule has 1 atom stereocenters. The molecule has 0 radical (unpaired) electrons. The van der Waals surface area contributed by atoms with Crippen LogP contribution in [0.3, 0.4) is 0 Å². The summed E-state index contributed by atoms with van der Waals surface area (Å²) in [7, 11) is -1.50. The van der Waals surface area contributed by atoms with E-state index >= 15 is 0 Å². The Morgan fingerprint density at radius 1 is 1.38 bits per heavy atom. The summed E-state index contributed by atoms with van der Waals surface area (Å²) < 4.78 is 8.57. The van der Waals surface area contributed by atoms with Gasteiger partial charge in [0.2, 0.25) is 0 Å². The molecule has 0 spiro atoms. The molecule has 0 heterocycles. The highest BCUT2D eigenvalue weighted by Crippen LogP contribution is 1.88. The van der Waals surface area contributed by atoms with Crippen molar-refractivity contribution in [2.45, 2.75) is 33.1 Å². The van der Waals surface area contributed by atoms with Crippen LogP contribution in [0.15, 0.2) is 0 Å². The van der Waals surface area contributed by atoms with Gasteiger partial charge in [0, 0.05) is 0 Å². The summed E-state index contributed by atoms with van der Waals surface area (Å²) in [6, 6.07) is 0. The van der Waals surface area contributed by atoms with Crippen molar-refractivity contribution in [2.75, 3.05) is 0 Å². The van der Waals surface area contributed by atoms with Crippen LogP contribution in [0.5, 0.6) is 0 Å². The topological polar surface area (TPSA) is 37.3 Å². The molecular formula is C5H15O2P. The quantitative estimate of drug-likeness (QED) is 0.591. The Hall–Kier alpha value is 0.190. The SMILES string of the molecule is CCCCC.O=[PH2]O. The van der Waals surface area contributed by atoms with Gasteiger partial charge < -0.3 is 4.89 Å². The Morgan fingerprint density at radius 3 is 1.62 bits per heavy atom. The molecule has 0 saturated carbocycles. The standard InChI is InChI=1S/C5H12.H3O2P/c1-3-5-4-2;1-3-2/h3-5H2,1-2H3;3H2,(H,1,2). The first kappa shape index (κ1) is 11.0. The second-order valence-electron chi connectivity index (χ2n) is 1.46. The van der Waals surface area contributed by atoms with Crippen LogP contribution in [0, 0.1) is 0 Å². The van der Waals surface area contributed by atoms with E-state index in [2.05, 4.69) is 13.8 Å². The number of hydrogen-bond donors (Lipinski definition) is 1. The van der Waals surface area contributed by atoms with E-state index in [0.29, 0.717) is 0 Å². The molecule has 3 heteroatoms. The Labute approximate surface area is 52.2 Å². The highest BCUT2D eigenvalue weighted by Gasteiger charge is 1.68. The molecule has 1 unspecified atom stereocenters. The maximum absolute atomic E-state index is 8.57. The van der Waals surface area contributed by atoms with Gasteiger partial charge in [0.25, 0.3) is 0 Å². The van der Waals surface area contributed by atoms with Crippen molar-refractivity contribution in [1.29, 1.82) is 0 Å². The molecule has 0 saturated heterocycles. The average Bonchev–Trinajstić information content (AvgIpc) is 1.71. The molecule has 8 heavy (non-hydrogen) atoms. The first-order valence-corrected chi connectivity index (χ1v) is 3.90. The van der Waals surface area contributed by atoms with Gasteiger partial charge in [0.05, 0.1) is 0 Å². The van der Waals surface area contributed by atoms with Crippen molar-refractivity contribution in [3.8, 4) is 0 Å². The zero-order valence-corrected chi connectivity index (χ0v) is 6.71. The summed E-state index contributed by atoms with van der Waals surface area (Å²) in [6.07, 6.45) is 4.08. The Kier molecular flexibility index (Phi) is 21.7. The Balaban J connectivity index is 0. The monoisotopic (exact) mass is 138 g/mol. The summed E-state index contributed by atoms with van der Waals surface area (Å²) in [5.41, 5.74) is 0. The van der Waals surface area contributed by atoms with E-state index in [-0.39, 0.29) is 0 Å². The number of hydrogen-bond acceptors (Lipinski definition) is 1. The van der Waals surface area contributed by atoms with Gasteiger partial charge in [0.15, 0.2) is 8.69 Å². The van der Waals surface area contributed by atoms with Crippen molar-refractivity contribution < 1.29 is 9.46 Å². The fraction of sp³-hybridized carbons (Fsp3) is 1.00. The predicted molar refractivity (Wildman–Crippen MR) is 37.8 cm³/mol. The van der Waals surface area contributed by atoms with E-state index in [0.717, 1.165) is 0 Å². The molecule has 0 fully saturated rings. The van der Waals surface area contributed by atoms with Crippen LogP contribution >= 0.6 is 8.69 Å². The molecule has 2 nitrogen and oxygen atoms in total. The minimum atomic E-state index is -1.50. The third-order valence-electron chi connectivity index (χ3n) is 0.707. The molecule has 0 aliphatic heterocycles. The highest BCUT2D eigenvalue weighted by molar-refractivity contribution is 7.16. The molecular weight excluding hydrogens is 123 g/mol. The lowest BCUT2D eigenvalue weighted by Crippen LogP contribution is -1.59. The minimum absolute atomic E-state index is 1.34. The van der Waals surface area contributed by atoms with Gasteiger partial charge in [-0.1, -0.05) is 33.1 Å². The van der Waals surface area contributed by atoms with Crippen molar-refractivity contribution in [1.82, 2.24) is 0 Å². The highest BCUT2D eigenvalue weighted by atomic mass is 31.1. The summed E-state index contributed by atoms with van der Waals surface area (Å²) >= 11 is 0. The summed E-state index contributed by atoms with van der Waals surface area (Å²) in [5.74, 6) is 0. The van der Waals surface area contributed by atoms with Crippen LogP contribution in [0.2, 0.25) is 0 Å². The molecule has 0 aromatic carbocycles. The van der Waals surface area contributed by atoms with Crippen LogP contribution in [0.1, 0.15) is 33.1 Å². The predicted octanol–water partition coefficient (Wildman–Crippen LogP) is 1.85. The molecule has 1 N–H and O–H groups in total. The number of rotatable bonds is 2. The molecule has 0 bridgehead atoms. The Morgan fingerprint density at radius 2 is 1.62 bits per heavy atom. The molecule has 0 aliphatic rings. The molecule has 0 aliphatic carbocycles. The number of unbranched alkanes of at least 4 members (excludes halogenated alkanes) is 2. The second-order valence-corrected chi connectivity index (χ2v) is 1.67. The van der Waals surface area contributed by atoms with Crippen molar-refractivity contribution in [3.63, 3.8) is 0 Å². The molecule has 0 amide bonds. The van der Waals surface area contributed by atoms with Gasteiger partial charge in [-0.25, -0.2) is 0 Å². The lowest BCUT2D eigenvalue weighted by molar-refractivity contribution is 0.524. The van der Waals surface area contributed by atoms with E-state index in [1.165, 1.54) is 19.3 Å². The van der Waals surface area contributed by atoms with Gasteiger partial charge in [0.1, 0.15) is 0 Å². The smallest absolute Gasteiger partial charge is 0.177 e. The molecule has 0 rings (SSSR count). The lowest BCUT2D eigenvalue weighted by atomic mass is 10.3. The van der Waals surface area contributed by atoms with Crippen molar-refractivity contribution >= 4 is 8.69 Å². The van der Waals surface area contributed by atoms with Crippen LogP contribution in [-0.4, -0.2) is 4.89 Å². The zero-order valence-electron chi connectivity index (χ0n) is 5.55. The first-order chi connectivity index (χ1) is 3.83. The third-order valence-corrected chi connectivity index (χ3v) is 0.707. The molecule has 0 aromatic rings. The summed E-state index contributed by atoms with van der Waals surface area (Å²) in [5, 5.41) is 0. The minimum Gasteiger partial charge on any atom is -0.348 e.